The van der Waals surface area contributed by atoms with Crippen LogP contribution in [0.1, 0.15) is 38.2 Å². The first-order valence-electron chi connectivity index (χ1n) is 6.78. The van der Waals surface area contributed by atoms with Gasteiger partial charge < -0.3 is 4.74 Å². The molecule has 0 aliphatic rings. The third-order valence-corrected chi connectivity index (χ3v) is 3.19. The van der Waals surface area contributed by atoms with E-state index < -0.39 is 0 Å². The van der Waals surface area contributed by atoms with E-state index in [1.165, 1.54) is 0 Å². The van der Waals surface area contributed by atoms with Crippen LogP contribution in [0.15, 0.2) is 36.5 Å². The van der Waals surface area contributed by atoms with Crippen molar-refractivity contribution in [3.8, 4) is 0 Å². The molecule has 0 saturated carbocycles. The quantitative estimate of drug-likeness (QED) is 0.767. The summed E-state index contributed by atoms with van der Waals surface area (Å²) in [6.07, 6.45) is 3.49. The molecule has 2 rings (SSSR count). The third kappa shape index (κ3) is 2.92. The van der Waals surface area contributed by atoms with Gasteiger partial charge in [0.15, 0.2) is 0 Å². The van der Waals surface area contributed by atoms with E-state index in [1.54, 1.807) is 6.20 Å². The van der Waals surface area contributed by atoms with Crippen molar-refractivity contribution >= 4 is 16.9 Å². The highest BCUT2D eigenvalue weighted by Crippen LogP contribution is 2.28. The lowest BCUT2D eigenvalue weighted by Crippen LogP contribution is -2.16. The number of aromatic nitrogens is 1. The predicted molar refractivity (Wildman–Crippen MR) is 76.0 cm³/mol. The average Bonchev–Trinajstić information content (AvgIpc) is 2.44. The van der Waals surface area contributed by atoms with Gasteiger partial charge in [0.1, 0.15) is 0 Å². The lowest BCUT2D eigenvalue weighted by molar-refractivity contribution is -0.145. The van der Waals surface area contributed by atoms with Crippen molar-refractivity contribution in [3.63, 3.8) is 0 Å². The van der Waals surface area contributed by atoms with Crippen molar-refractivity contribution in [2.45, 2.75) is 32.6 Å². The molecule has 0 N–H and O–H groups in total. The van der Waals surface area contributed by atoms with E-state index in [9.17, 15) is 4.79 Å². The summed E-state index contributed by atoms with van der Waals surface area (Å²) in [6.45, 7) is 4.32. The number of rotatable bonds is 5. The molecule has 0 bridgehead atoms. The Hall–Kier alpha value is -1.90. The molecular weight excluding hydrogens is 238 g/mol. The minimum atomic E-state index is -0.219. The summed E-state index contributed by atoms with van der Waals surface area (Å²) in [6, 6.07) is 9.89. The van der Waals surface area contributed by atoms with Crippen molar-refractivity contribution in [1.82, 2.24) is 4.98 Å². The normalized spacial score (nSPS) is 12.3. The molecule has 3 nitrogen and oxygen atoms in total. The third-order valence-electron chi connectivity index (χ3n) is 3.19. The Bertz CT molecular complexity index is 560. The predicted octanol–water partition coefficient (Wildman–Crippen LogP) is 3.68. The molecule has 1 unspecified atom stereocenters. The number of hydrogen-bond donors (Lipinski definition) is 0. The van der Waals surface area contributed by atoms with Crippen molar-refractivity contribution in [2.75, 3.05) is 6.61 Å². The second kappa shape index (κ2) is 6.32. The lowest BCUT2D eigenvalue weighted by atomic mass is 9.92. The summed E-state index contributed by atoms with van der Waals surface area (Å²) in [5.41, 5.74) is 1.87. The Labute approximate surface area is 113 Å². The standard InChI is InChI=1S/C16H19NO2/c1-3-7-14(16(18)19-4-2)13-10-5-8-12-9-6-11-17-15(12)13/h5-6,8-11,14H,3-4,7H2,1-2H3. The van der Waals surface area contributed by atoms with Crippen molar-refractivity contribution in [2.24, 2.45) is 0 Å². The van der Waals surface area contributed by atoms with Crippen molar-refractivity contribution in [3.05, 3.63) is 42.1 Å². The summed E-state index contributed by atoms with van der Waals surface area (Å²) < 4.78 is 5.19. The van der Waals surface area contributed by atoms with Crippen LogP contribution in [0.2, 0.25) is 0 Å². The molecule has 0 saturated heterocycles. The second-order valence-electron chi connectivity index (χ2n) is 4.52. The molecular formula is C16H19NO2. The Morgan fingerprint density at radius 2 is 2.05 bits per heavy atom. The summed E-state index contributed by atoms with van der Waals surface area (Å²) in [4.78, 5) is 16.5. The van der Waals surface area contributed by atoms with Gasteiger partial charge in [-0.15, -0.1) is 0 Å². The molecule has 1 heterocycles. The number of fused-ring (bicyclic) bond motifs is 1. The number of nitrogens with zero attached hydrogens (tertiary/aromatic N) is 1. The molecule has 19 heavy (non-hydrogen) atoms. The van der Waals surface area contributed by atoms with E-state index >= 15 is 0 Å². The van der Waals surface area contributed by atoms with Gasteiger partial charge in [-0.1, -0.05) is 37.6 Å². The van der Waals surface area contributed by atoms with E-state index in [4.69, 9.17) is 4.74 Å². The first kappa shape index (κ1) is 13.5. The zero-order valence-electron chi connectivity index (χ0n) is 11.4. The Morgan fingerprint density at radius 3 is 2.79 bits per heavy atom. The average molecular weight is 257 g/mol. The molecule has 0 spiro atoms. The summed E-state index contributed by atoms with van der Waals surface area (Å²) in [7, 11) is 0. The van der Waals surface area contributed by atoms with Gasteiger partial charge in [0, 0.05) is 11.6 Å². The Kier molecular flexibility index (Phi) is 4.50. The smallest absolute Gasteiger partial charge is 0.313 e. The van der Waals surface area contributed by atoms with Gasteiger partial charge in [-0.3, -0.25) is 9.78 Å². The van der Waals surface area contributed by atoms with Gasteiger partial charge >= 0.3 is 5.97 Å². The second-order valence-corrected chi connectivity index (χ2v) is 4.52. The minimum Gasteiger partial charge on any atom is -0.466 e. The number of carbonyl (C=O) groups excluding carboxylic acids is 1. The zero-order valence-corrected chi connectivity index (χ0v) is 11.4. The Balaban J connectivity index is 2.46. The van der Waals surface area contributed by atoms with Crippen LogP contribution in [-0.2, 0) is 9.53 Å². The van der Waals surface area contributed by atoms with Crippen LogP contribution in [-0.4, -0.2) is 17.6 Å². The van der Waals surface area contributed by atoms with Crippen molar-refractivity contribution < 1.29 is 9.53 Å². The van der Waals surface area contributed by atoms with Crippen LogP contribution in [0.5, 0.6) is 0 Å². The van der Waals surface area contributed by atoms with Gasteiger partial charge in [0.2, 0.25) is 0 Å². The van der Waals surface area contributed by atoms with Crippen LogP contribution in [0.25, 0.3) is 10.9 Å². The van der Waals surface area contributed by atoms with E-state index in [0.29, 0.717) is 6.61 Å². The molecule has 0 aliphatic heterocycles. The minimum absolute atomic E-state index is 0.150. The lowest BCUT2D eigenvalue weighted by Gasteiger charge is -2.16. The molecule has 0 aliphatic carbocycles. The van der Waals surface area contributed by atoms with Gasteiger partial charge in [-0.25, -0.2) is 0 Å². The number of ether oxygens (including phenoxy) is 1. The molecule has 0 amide bonds. The van der Waals surface area contributed by atoms with Gasteiger partial charge in [-0.2, -0.15) is 0 Å². The van der Waals surface area contributed by atoms with Crippen LogP contribution in [0.3, 0.4) is 0 Å². The highest BCUT2D eigenvalue weighted by molar-refractivity contribution is 5.88. The van der Waals surface area contributed by atoms with Crippen LogP contribution < -0.4 is 0 Å². The monoisotopic (exact) mass is 257 g/mol. The molecule has 100 valence electrons. The molecule has 0 fully saturated rings. The number of carbonyl (C=O) groups is 1. The fourth-order valence-electron chi connectivity index (χ4n) is 2.34. The maximum Gasteiger partial charge on any atom is 0.313 e. The summed E-state index contributed by atoms with van der Waals surface area (Å²) in [5, 5.41) is 1.06. The largest absolute Gasteiger partial charge is 0.466 e. The fraction of sp³-hybridized carbons (Fsp3) is 0.375. The number of hydrogen-bond acceptors (Lipinski definition) is 3. The maximum atomic E-state index is 12.1. The van der Waals surface area contributed by atoms with E-state index in [2.05, 4.69) is 11.9 Å². The number of pyridine rings is 1. The number of esters is 1. The molecule has 2 aromatic rings. The van der Waals surface area contributed by atoms with Crippen LogP contribution in [0.4, 0.5) is 0 Å². The van der Waals surface area contributed by atoms with Gasteiger partial charge in [-0.05, 0) is 25.0 Å². The van der Waals surface area contributed by atoms with Crippen LogP contribution >= 0.6 is 0 Å². The van der Waals surface area contributed by atoms with E-state index in [-0.39, 0.29) is 11.9 Å². The molecule has 1 aromatic carbocycles. The first-order chi connectivity index (χ1) is 9.27. The topological polar surface area (TPSA) is 39.2 Å². The summed E-state index contributed by atoms with van der Waals surface area (Å²) >= 11 is 0. The summed E-state index contributed by atoms with van der Waals surface area (Å²) in [5.74, 6) is -0.369. The van der Waals surface area contributed by atoms with E-state index in [1.807, 2.05) is 37.3 Å². The zero-order chi connectivity index (χ0) is 13.7. The van der Waals surface area contributed by atoms with E-state index in [0.717, 1.165) is 29.3 Å². The SMILES string of the molecule is CCCC(C(=O)OCC)c1cccc2cccnc12. The number of para-hydroxylation sites is 1. The molecule has 1 atom stereocenters. The molecule has 1 aromatic heterocycles. The maximum absolute atomic E-state index is 12.1. The van der Waals surface area contributed by atoms with Gasteiger partial charge in [0.25, 0.3) is 0 Å². The first-order valence-corrected chi connectivity index (χ1v) is 6.78. The highest BCUT2D eigenvalue weighted by Gasteiger charge is 2.23. The number of benzene rings is 1. The molecule has 3 heteroatoms. The van der Waals surface area contributed by atoms with Crippen LogP contribution in [0, 0.1) is 0 Å². The Morgan fingerprint density at radius 1 is 1.26 bits per heavy atom. The highest BCUT2D eigenvalue weighted by atomic mass is 16.5. The van der Waals surface area contributed by atoms with Crippen molar-refractivity contribution in [1.29, 1.82) is 0 Å². The fourth-order valence-corrected chi connectivity index (χ4v) is 2.34. The molecule has 0 radical (unpaired) electrons. The van der Waals surface area contributed by atoms with Gasteiger partial charge in [0.05, 0.1) is 18.0 Å².